The van der Waals surface area contributed by atoms with Gasteiger partial charge in [-0.2, -0.15) is 0 Å². The van der Waals surface area contributed by atoms with Crippen LogP contribution >= 0.6 is 38.9 Å². The van der Waals surface area contributed by atoms with Crippen LogP contribution < -0.4 is 4.74 Å². The number of thiophene rings is 1. The fourth-order valence-corrected chi connectivity index (χ4v) is 3.24. The number of hydrogen-bond donors (Lipinski definition) is 0. The van der Waals surface area contributed by atoms with Gasteiger partial charge in [0.2, 0.25) is 0 Å². The van der Waals surface area contributed by atoms with Crippen LogP contribution in [0.4, 0.5) is 0 Å². The SMILES string of the molecule is COc1cc(Cl)ccc1C(=O)Cc1sccc1Br. The van der Waals surface area contributed by atoms with E-state index in [0.29, 0.717) is 22.8 Å². The molecular formula is C13H10BrClO2S. The summed E-state index contributed by atoms with van der Waals surface area (Å²) in [4.78, 5) is 13.2. The lowest BCUT2D eigenvalue weighted by atomic mass is 10.1. The Hall–Kier alpha value is -0.840. The second kappa shape index (κ2) is 5.87. The van der Waals surface area contributed by atoms with Crippen molar-refractivity contribution < 1.29 is 9.53 Å². The molecule has 2 nitrogen and oxygen atoms in total. The monoisotopic (exact) mass is 344 g/mol. The molecule has 0 atom stereocenters. The van der Waals surface area contributed by atoms with E-state index in [1.807, 2.05) is 11.4 Å². The summed E-state index contributed by atoms with van der Waals surface area (Å²) in [6.45, 7) is 0. The van der Waals surface area contributed by atoms with Gasteiger partial charge in [0.1, 0.15) is 5.75 Å². The van der Waals surface area contributed by atoms with Gasteiger partial charge in [0.15, 0.2) is 5.78 Å². The van der Waals surface area contributed by atoms with Gasteiger partial charge in [-0.05, 0) is 45.6 Å². The van der Waals surface area contributed by atoms with Crippen LogP contribution in [0.15, 0.2) is 34.1 Å². The third-order valence-corrected chi connectivity index (χ3v) is 4.64. The molecule has 0 unspecified atom stereocenters. The highest BCUT2D eigenvalue weighted by molar-refractivity contribution is 9.10. The van der Waals surface area contributed by atoms with Crippen LogP contribution in [0.25, 0.3) is 0 Å². The fourth-order valence-electron chi connectivity index (χ4n) is 1.59. The molecule has 2 aromatic rings. The Labute approximate surface area is 123 Å². The molecule has 0 radical (unpaired) electrons. The number of rotatable bonds is 4. The zero-order chi connectivity index (χ0) is 13.1. The summed E-state index contributed by atoms with van der Waals surface area (Å²) in [5.74, 6) is 0.534. The fraction of sp³-hybridized carbons (Fsp3) is 0.154. The van der Waals surface area contributed by atoms with Gasteiger partial charge in [-0.15, -0.1) is 11.3 Å². The van der Waals surface area contributed by atoms with Gasteiger partial charge in [0.05, 0.1) is 12.7 Å². The molecule has 5 heteroatoms. The van der Waals surface area contributed by atoms with Crippen LogP contribution in [0.2, 0.25) is 5.02 Å². The summed E-state index contributed by atoms with van der Waals surface area (Å²) in [6, 6.07) is 6.98. The maximum Gasteiger partial charge on any atom is 0.171 e. The molecular weight excluding hydrogens is 336 g/mol. The Kier molecular flexibility index (Phi) is 4.43. The van der Waals surface area contributed by atoms with E-state index in [4.69, 9.17) is 16.3 Å². The Morgan fingerprint density at radius 3 is 2.83 bits per heavy atom. The van der Waals surface area contributed by atoms with Crippen molar-refractivity contribution >= 4 is 44.7 Å². The van der Waals surface area contributed by atoms with E-state index in [0.717, 1.165) is 9.35 Å². The maximum absolute atomic E-state index is 12.2. The lowest BCUT2D eigenvalue weighted by Gasteiger charge is -2.07. The van der Waals surface area contributed by atoms with Crippen LogP contribution in [0.5, 0.6) is 5.75 Å². The molecule has 2 rings (SSSR count). The number of carbonyl (C=O) groups excluding carboxylic acids is 1. The molecule has 1 aromatic heterocycles. The zero-order valence-electron chi connectivity index (χ0n) is 9.57. The van der Waals surface area contributed by atoms with Crippen molar-refractivity contribution in [1.82, 2.24) is 0 Å². The second-order valence-corrected chi connectivity index (χ2v) is 5.93. The highest BCUT2D eigenvalue weighted by Gasteiger charge is 2.15. The molecule has 0 saturated heterocycles. The first-order valence-corrected chi connectivity index (χ1v) is 7.25. The number of ketones is 1. The summed E-state index contributed by atoms with van der Waals surface area (Å²) in [7, 11) is 1.53. The van der Waals surface area contributed by atoms with Gasteiger partial charge in [-0.1, -0.05) is 11.6 Å². The van der Waals surface area contributed by atoms with Crippen molar-refractivity contribution in [3.8, 4) is 5.75 Å². The first-order valence-electron chi connectivity index (χ1n) is 5.20. The summed E-state index contributed by atoms with van der Waals surface area (Å²) < 4.78 is 6.15. The number of benzene rings is 1. The number of Topliss-reactive ketones (excluding diaryl/α,β-unsaturated/α-hetero) is 1. The molecule has 0 aliphatic carbocycles. The minimum atomic E-state index is 0.0201. The van der Waals surface area contributed by atoms with Crippen molar-refractivity contribution in [2.75, 3.05) is 7.11 Å². The summed E-state index contributed by atoms with van der Waals surface area (Å²) in [6.07, 6.45) is 0.357. The molecule has 0 spiro atoms. The first-order chi connectivity index (χ1) is 8.61. The number of halogens is 2. The number of ether oxygens (including phenoxy) is 1. The Morgan fingerprint density at radius 1 is 1.44 bits per heavy atom. The van der Waals surface area contributed by atoms with E-state index < -0.39 is 0 Å². The minimum absolute atomic E-state index is 0.0201. The molecule has 0 N–H and O–H groups in total. The van der Waals surface area contributed by atoms with E-state index >= 15 is 0 Å². The summed E-state index contributed by atoms with van der Waals surface area (Å²) in [5, 5.41) is 2.51. The number of methoxy groups -OCH3 is 1. The van der Waals surface area contributed by atoms with E-state index in [1.54, 1.807) is 29.5 Å². The molecule has 1 heterocycles. The van der Waals surface area contributed by atoms with Crippen LogP contribution in [-0.4, -0.2) is 12.9 Å². The van der Waals surface area contributed by atoms with Crippen molar-refractivity contribution in [3.05, 3.63) is 49.6 Å². The van der Waals surface area contributed by atoms with Crippen LogP contribution in [-0.2, 0) is 6.42 Å². The van der Waals surface area contributed by atoms with Gasteiger partial charge in [-0.25, -0.2) is 0 Å². The Bertz CT molecular complexity index is 580. The topological polar surface area (TPSA) is 26.3 Å². The highest BCUT2D eigenvalue weighted by Crippen LogP contribution is 2.28. The largest absolute Gasteiger partial charge is 0.496 e. The molecule has 0 bridgehead atoms. The minimum Gasteiger partial charge on any atom is -0.496 e. The predicted molar refractivity (Wildman–Crippen MR) is 78.1 cm³/mol. The van der Waals surface area contributed by atoms with E-state index in [9.17, 15) is 4.79 Å². The first kappa shape index (κ1) is 13.6. The summed E-state index contributed by atoms with van der Waals surface area (Å²) >= 11 is 10.8. The van der Waals surface area contributed by atoms with Crippen molar-refractivity contribution in [1.29, 1.82) is 0 Å². The third kappa shape index (κ3) is 2.94. The van der Waals surface area contributed by atoms with Gasteiger partial charge >= 0.3 is 0 Å². The van der Waals surface area contributed by atoms with Gasteiger partial charge in [-0.3, -0.25) is 4.79 Å². The third-order valence-electron chi connectivity index (χ3n) is 2.48. The van der Waals surface area contributed by atoms with Gasteiger partial charge in [0, 0.05) is 20.8 Å². The zero-order valence-corrected chi connectivity index (χ0v) is 12.7. The maximum atomic E-state index is 12.2. The molecule has 94 valence electrons. The molecule has 0 aliphatic rings. The molecule has 0 aliphatic heterocycles. The highest BCUT2D eigenvalue weighted by atomic mass is 79.9. The second-order valence-electron chi connectivity index (χ2n) is 3.64. The molecule has 0 fully saturated rings. The number of hydrogen-bond acceptors (Lipinski definition) is 3. The van der Waals surface area contributed by atoms with E-state index in [1.165, 1.54) is 7.11 Å². The number of carbonyl (C=O) groups is 1. The van der Waals surface area contributed by atoms with Crippen molar-refractivity contribution in [2.45, 2.75) is 6.42 Å². The van der Waals surface area contributed by atoms with Crippen molar-refractivity contribution in [2.24, 2.45) is 0 Å². The van der Waals surface area contributed by atoms with Gasteiger partial charge < -0.3 is 4.74 Å². The van der Waals surface area contributed by atoms with E-state index in [-0.39, 0.29) is 5.78 Å². The van der Waals surface area contributed by atoms with Crippen molar-refractivity contribution in [3.63, 3.8) is 0 Å². The van der Waals surface area contributed by atoms with Crippen LogP contribution in [0.1, 0.15) is 15.2 Å². The molecule has 1 aromatic carbocycles. The Balaban J connectivity index is 2.26. The smallest absolute Gasteiger partial charge is 0.171 e. The quantitative estimate of drug-likeness (QED) is 0.757. The molecule has 0 amide bonds. The Morgan fingerprint density at radius 2 is 2.22 bits per heavy atom. The predicted octanol–water partition coefficient (Wildman–Crippen LogP) is 4.60. The molecule has 18 heavy (non-hydrogen) atoms. The average Bonchev–Trinajstić information content (AvgIpc) is 2.74. The lowest BCUT2D eigenvalue weighted by molar-refractivity contribution is 0.0991. The van der Waals surface area contributed by atoms with E-state index in [2.05, 4.69) is 15.9 Å². The average molecular weight is 346 g/mol. The van der Waals surface area contributed by atoms with Gasteiger partial charge in [0.25, 0.3) is 0 Å². The lowest BCUT2D eigenvalue weighted by Crippen LogP contribution is -2.05. The normalized spacial score (nSPS) is 10.4. The standard InChI is InChI=1S/C13H10BrClO2S/c1-17-12-6-8(15)2-3-9(12)11(16)7-13-10(14)4-5-18-13/h2-6H,7H2,1H3. The summed E-state index contributed by atoms with van der Waals surface area (Å²) in [5.41, 5.74) is 0.558. The van der Waals surface area contributed by atoms with Crippen LogP contribution in [0, 0.1) is 0 Å². The van der Waals surface area contributed by atoms with Crippen LogP contribution in [0.3, 0.4) is 0 Å². The molecule has 0 saturated carbocycles.